The van der Waals surface area contributed by atoms with Crippen molar-refractivity contribution in [3.8, 4) is 5.75 Å². The number of carbonyl (C=O) groups excluding carboxylic acids is 1. The molecular weight excluding hydrogens is 273 g/mol. The number of rotatable bonds is 2. The quantitative estimate of drug-likeness (QED) is 0.728. The van der Waals surface area contributed by atoms with Crippen LogP contribution >= 0.6 is 12.4 Å². The number of aromatic hydroxyl groups is 1. The van der Waals surface area contributed by atoms with E-state index in [1.54, 1.807) is 0 Å². The molecule has 4 nitrogen and oxygen atoms in total. The lowest BCUT2D eigenvalue weighted by Crippen LogP contribution is -2.32. The largest absolute Gasteiger partial charge is 0.506 e. The minimum atomic E-state index is -4.54. The predicted octanol–water partition coefficient (Wildman–Crippen LogP) is 2.12. The van der Waals surface area contributed by atoms with E-state index in [9.17, 15) is 23.1 Å². The third-order valence-corrected chi connectivity index (χ3v) is 2.00. The van der Waals surface area contributed by atoms with E-state index in [0.29, 0.717) is 6.07 Å². The zero-order valence-corrected chi connectivity index (χ0v) is 10.1. The summed E-state index contributed by atoms with van der Waals surface area (Å²) in [5.41, 5.74) is 3.96. The maximum Gasteiger partial charge on any atom is 0.416 e. The van der Waals surface area contributed by atoms with Crippen molar-refractivity contribution in [2.75, 3.05) is 5.32 Å². The Bertz CT molecular complexity index is 436. The number of benzene rings is 1. The van der Waals surface area contributed by atoms with Crippen molar-refractivity contribution in [2.24, 2.45) is 5.73 Å². The summed E-state index contributed by atoms with van der Waals surface area (Å²) in [6.07, 6.45) is -4.54. The number of nitrogens with two attached hydrogens (primary N) is 1. The van der Waals surface area contributed by atoms with Gasteiger partial charge in [0.15, 0.2) is 0 Å². The van der Waals surface area contributed by atoms with Crippen LogP contribution in [0, 0.1) is 0 Å². The first-order chi connectivity index (χ1) is 7.71. The van der Waals surface area contributed by atoms with Crippen LogP contribution in [-0.4, -0.2) is 17.1 Å². The first-order valence-corrected chi connectivity index (χ1v) is 4.68. The lowest BCUT2D eigenvalue weighted by Gasteiger charge is -2.12. The number of alkyl halides is 3. The highest BCUT2D eigenvalue weighted by atomic mass is 35.5. The van der Waals surface area contributed by atoms with Crippen molar-refractivity contribution in [3.63, 3.8) is 0 Å². The van der Waals surface area contributed by atoms with E-state index < -0.39 is 29.4 Å². The highest BCUT2D eigenvalue weighted by Gasteiger charge is 2.31. The molecule has 4 N–H and O–H groups in total. The number of amides is 1. The molecule has 0 fully saturated rings. The van der Waals surface area contributed by atoms with Crippen LogP contribution in [0.4, 0.5) is 18.9 Å². The molecule has 1 amide bonds. The number of halogens is 4. The summed E-state index contributed by atoms with van der Waals surface area (Å²) >= 11 is 0. The number of hydrogen-bond donors (Lipinski definition) is 3. The van der Waals surface area contributed by atoms with Gasteiger partial charge in [0.05, 0.1) is 17.3 Å². The van der Waals surface area contributed by atoms with Crippen molar-refractivity contribution >= 4 is 24.0 Å². The van der Waals surface area contributed by atoms with Gasteiger partial charge in [0.25, 0.3) is 0 Å². The number of carbonyl (C=O) groups is 1. The topological polar surface area (TPSA) is 75.4 Å². The van der Waals surface area contributed by atoms with Gasteiger partial charge in [-0.3, -0.25) is 4.79 Å². The Labute approximate surface area is 107 Å². The van der Waals surface area contributed by atoms with Crippen LogP contribution in [0.25, 0.3) is 0 Å². The van der Waals surface area contributed by atoms with Gasteiger partial charge in [0, 0.05) is 0 Å². The second-order valence-corrected chi connectivity index (χ2v) is 3.51. The zero-order valence-electron chi connectivity index (χ0n) is 9.28. The minimum absolute atomic E-state index is 0. The monoisotopic (exact) mass is 284 g/mol. The predicted molar refractivity (Wildman–Crippen MR) is 62.6 cm³/mol. The maximum absolute atomic E-state index is 12.4. The van der Waals surface area contributed by atoms with Gasteiger partial charge in [-0.1, -0.05) is 0 Å². The third-order valence-electron chi connectivity index (χ3n) is 2.00. The molecular formula is C10H12ClF3N2O2. The molecule has 1 aromatic carbocycles. The molecule has 0 bridgehead atoms. The average Bonchev–Trinajstić information content (AvgIpc) is 2.19. The van der Waals surface area contributed by atoms with Crippen molar-refractivity contribution in [3.05, 3.63) is 23.8 Å². The highest BCUT2D eigenvalue weighted by Crippen LogP contribution is 2.34. The van der Waals surface area contributed by atoms with Gasteiger partial charge in [-0.25, -0.2) is 0 Å². The van der Waals surface area contributed by atoms with Crippen LogP contribution in [0.5, 0.6) is 5.75 Å². The molecule has 0 saturated carbocycles. The molecule has 0 heterocycles. The van der Waals surface area contributed by atoms with E-state index in [2.05, 4.69) is 5.32 Å². The third kappa shape index (κ3) is 4.08. The number of hydrogen-bond acceptors (Lipinski definition) is 3. The van der Waals surface area contributed by atoms with Crippen LogP contribution in [0.15, 0.2) is 18.2 Å². The summed E-state index contributed by atoms with van der Waals surface area (Å²) < 4.78 is 37.1. The van der Waals surface area contributed by atoms with Crippen LogP contribution in [0.3, 0.4) is 0 Å². The van der Waals surface area contributed by atoms with E-state index in [4.69, 9.17) is 5.73 Å². The Morgan fingerprint density at radius 3 is 2.44 bits per heavy atom. The molecule has 1 unspecified atom stereocenters. The van der Waals surface area contributed by atoms with Gasteiger partial charge in [0.1, 0.15) is 5.75 Å². The molecule has 8 heteroatoms. The molecule has 0 aliphatic heterocycles. The zero-order chi connectivity index (χ0) is 13.2. The highest BCUT2D eigenvalue weighted by molar-refractivity contribution is 5.95. The molecule has 102 valence electrons. The van der Waals surface area contributed by atoms with Gasteiger partial charge in [-0.15, -0.1) is 12.4 Å². The van der Waals surface area contributed by atoms with Gasteiger partial charge in [-0.05, 0) is 25.1 Å². The summed E-state index contributed by atoms with van der Waals surface area (Å²) in [6, 6.07) is 1.34. The fourth-order valence-electron chi connectivity index (χ4n) is 1.06. The Balaban J connectivity index is 0.00000289. The second-order valence-electron chi connectivity index (χ2n) is 3.51. The SMILES string of the molecule is CC(N)C(=O)Nc1cc(C(F)(F)F)ccc1O.Cl. The van der Waals surface area contributed by atoms with Gasteiger partial charge in [-0.2, -0.15) is 13.2 Å². The molecule has 18 heavy (non-hydrogen) atoms. The van der Waals surface area contributed by atoms with E-state index in [-0.39, 0.29) is 18.1 Å². The van der Waals surface area contributed by atoms with Gasteiger partial charge in [0.2, 0.25) is 5.91 Å². The molecule has 1 rings (SSSR count). The molecule has 0 aliphatic carbocycles. The minimum Gasteiger partial charge on any atom is -0.506 e. The Hall–Kier alpha value is -1.47. The summed E-state index contributed by atoms with van der Waals surface area (Å²) in [6.45, 7) is 1.37. The lowest BCUT2D eigenvalue weighted by molar-refractivity contribution is -0.137. The molecule has 0 aromatic heterocycles. The number of anilines is 1. The molecule has 1 atom stereocenters. The molecule has 0 saturated heterocycles. The Morgan fingerprint density at radius 2 is 2.00 bits per heavy atom. The van der Waals surface area contributed by atoms with Gasteiger partial charge >= 0.3 is 6.18 Å². The Kier molecular flexibility index (Phi) is 5.44. The van der Waals surface area contributed by atoms with Crippen LogP contribution < -0.4 is 11.1 Å². The first kappa shape index (κ1) is 16.5. The van der Waals surface area contributed by atoms with Crippen molar-refractivity contribution in [1.29, 1.82) is 0 Å². The summed E-state index contributed by atoms with van der Waals surface area (Å²) in [4.78, 5) is 11.2. The van der Waals surface area contributed by atoms with E-state index in [1.807, 2.05) is 0 Å². The molecule has 0 spiro atoms. The Morgan fingerprint density at radius 1 is 1.44 bits per heavy atom. The van der Waals surface area contributed by atoms with Crippen molar-refractivity contribution in [2.45, 2.75) is 19.1 Å². The molecule has 1 aromatic rings. The van der Waals surface area contributed by atoms with Crippen LogP contribution in [-0.2, 0) is 11.0 Å². The number of phenolic OH excluding ortho intramolecular Hbond substituents is 1. The number of phenols is 1. The maximum atomic E-state index is 12.4. The summed E-state index contributed by atoms with van der Waals surface area (Å²) in [7, 11) is 0. The average molecular weight is 285 g/mol. The fraction of sp³-hybridized carbons (Fsp3) is 0.300. The van der Waals surface area contributed by atoms with E-state index >= 15 is 0 Å². The van der Waals surface area contributed by atoms with E-state index in [0.717, 1.165) is 12.1 Å². The summed E-state index contributed by atoms with van der Waals surface area (Å²) in [5, 5.41) is 11.4. The van der Waals surface area contributed by atoms with Gasteiger partial charge < -0.3 is 16.2 Å². The standard InChI is InChI=1S/C10H11F3N2O2.ClH/c1-5(14)9(17)15-7-4-6(10(11,12)13)2-3-8(7)16;/h2-5,16H,14H2,1H3,(H,15,17);1H. The second kappa shape index (κ2) is 5.92. The normalized spacial score (nSPS) is 12.5. The van der Waals surface area contributed by atoms with Crippen LogP contribution in [0.1, 0.15) is 12.5 Å². The van der Waals surface area contributed by atoms with Crippen molar-refractivity contribution < 1.29 is 23.1 Å². The van der Waals surface area contributed by atoms with Crippen LogP contribution in [0.2, 0.25) is 0 Å². The number of nitrogens with one attached hydrogen (secondary N) is 1. The molecule has 0 radical (unpaired) electrons. The molecule has 0 aliphatic rings. The lowest BCUT2D eigenvalue weighted by atomic mass is 10.1. The smallest absolute Gasteiger partial charge is 0.416 e. The fourth-order valence-corrected chi connectivity index (χ4v) is 1.06. The van der Waals surface area contributed by atoms with E-state index in [1.165, 1.54) is 6.92 Å². The van der Waals surface area contributed by atoms with Crippen molar-refractivity contribution in [1.82, 2.24) is 0 Å². The first-order valence-electron chi connectivity index (χ1n) is 4.68. The summed E-state index contributed by atoms with van der Waals surface area (Å²) in [5.74, 6) is -1.13.